The maximum absolute atomic E-state index is 2.49. The summed E-state index contributed by atoms with van der Waals surface area (Å²) in [6, 6.07) is 51.6. The first-order valence-electron chi connectivity index (χ1n) is 14.4. The van der Waals surface area contributed by atoms with Gasteiger partial charge in [0, 0.05) is 42.0 Å². The SMILES string of the molecule is c1cc(-c2cccc3c2sc2ccccc23)cc(-n2c3ccccc3c3cc4c5c(cccc5c32)-c2ccccc2-4)c1. The number of nitrogens with zero attached hydrogens (tertiary/aromatic N) is 1. The lowest BCUT2D eigenvalue weighted by Crippen LogP contribution is -1.95. The molecule has 0 bridgehead atoms. The monoisotopic (exact) mass is 549 g/mol. The molecule has 0 amide bonds. The third-order valence-corrected chi connectivity index (χ3v) is 10.3. The van der Waals surface area contributed by atoms with Crippen LogP contribution in [0, 0.1) is 0 Å². The number of rotatable bonds is 2. The van der Waals surface area contributed by atoms with Crippen LogP contribution in [0.4, 0.5) is 0 Å². The van der Waals surface area contributed by atoms with E-state index in [4.69, 9.17) is 0 Å². The second kappa shape index (κ2) is 8.19. The highest BCUT2D eigenvalue weighted by Gasteiger charge is 2.25. The van der Waals surface area contributed by atoms with Crippen LogP contribution < -0.4 is 0 Å². The highest BCUT2D eigenvalue weighted by atomic mass is 32.1. The summed E-state index contributed by atoms with van der Waals surface area (Å²) in [4.78, 5) is 0. The number of benzene rings is 7. The maximum Gasteiger partial charge on any atom is 0.0620 e. The Morgan fingerprint density at radius 2 is 1.10 bits per heavy atom. The molecule has 0 saturated heterocycles. The molecule has 42 heavy (non-hydrogen) atoms. The van der Waals surface area contributed by atoms with Gasteiger partial charge in [0.15, 0.2) is 0 Å². The van der Waals surface area contributed by atoms with Crippen LogP contribution in [0.1, 0.15) is 0 Å². The van der Waals surface area contributed by atoms with Gasteiger partial charge in [-0.2, -0.15) is 0 Å². The van der Waals surface area contributed by atoms with Crippen molar-refractivity contribution in [2.75, 3.05) is 0 Å². The van der Waals surface area contributed by atoms with Crippen molar-refractivity contribution in [3.63, 3.8) is 0 Å². The van der Waals surface area contributed by atoms with E-state index in [0.29, 0.717) is 0 Å². The van der Waals surface area contributed by atoms with E-state index < -0.39 is 0 Å². The molecule has 7 aromatic carbocycles. The highest BCUT2D eigenvalue weighted by molar-refractivity contribution is 7.26. The average molecular weight is 550 g/mol. The van der Waals surface area contributed by atoms with Gasteiger partial charge in [-0.3, -0.25) is 0 Å². The van der Waals surface area contributed by atoms with E-state index in [1.165, 1.54) is 91.8 Å². The predicted molar refractivity (Wildman–Crippen MR) is 181 cm³/mol. The fourth-order valence-electron chi connectivity index (χ4n) is 7.38. The Bertz CT molecular complexity index is 2580. The van der Waals surface area contributed by atoms with Gasteiger partial charge in [-0.25, -0.2) is 0 Å². The Hall–Kier alpha value is -5.18. The molecule has 2 heteroatoms. The summed E-state index contributed by atoms with van der Waals surface area (Å²) in [6.07, 6.45) is 0. The Kier molecular flexibility index (Phi) is 4.39. The fraction of sp³-hybridized carbons (Fsp3) is 0. The zero-order valence-electron chi connectivity index (χ0n) is 22.6. The van der Waals surface area contributed by atoms with Gasteiger partial charge in [0.25, 0.3) is 0 Å². The fourth-order valence-corrected chi connectivity index (χ4v) is 8.62. The normalized spacial score (nSPS) is 12.3. The molecule has 10 rings (SSSR count). The van der Waals surface area contributed by atoms with Gasteiger partial charge in [-0.15, -0.1) is 11.3 Å². The zero-order chi connectivity index (χ0) is 27.4. The first-order chi connectivity index (χ1) is 20.8. The van der Waals surface area contributed by atoms with Crippen molar-refractivity contribution in [3.8, 4) is 39.1 Å². The van der Waals surface area contributed by atoms with Crippen molar-refractivity contribution >= 4 is 64.1 Å². The van der Waals surface area contributed by atoms with Crippen molar-refractivity contribution in [2.45, 2.75) is 0 Å². The van der Waals surface area contributed by atoms with Crippen LogP contribution in [0.3, 0.4) is 0 Å². The molecule has 0 saturated carbocycles. The molecule has 0 unspecified atom stereocenters. The smallest absolute Gasteiger partial charge is 0.0620 e. The summed E-state index contributed by atoms with van der Waals surface area (Å²) < 4.78 is 5.18. The molecule has 0 spiro atoms. The van der Waals surface area contributed by atoms with E-state index in [1.807, 2.05) is 11.3 Å². The van der Waals surface area contributed by atoms with Gasteiger partial charge in [0.1, 0.15) is 0 Å². The molecule has 0 aliphatic heterocycles. The Labute approximate surface area is 246 Å². The standard InChI is InChI=1S/C40H23NS/c1-2-13-28-27(12-1)31-17-9-19-33-38(31)34(28)23-35-29-14-3-5-20-36(29)41(39(33)35)25-11-7-10-24(22-25)26-16-8-18-32-30-15-4-6-21-37(30)42-40(26)32/h1-23H. The number of thiophene rings is 1. The molecule has 1 nitrogen and oxygen atoms in total. The van der Waals surface area contributed by atoms with Gasteiger partial charge in [-0.05, 0) is 69.1 Å². The van der Waals surface area contributed by atoms with Crippen molar-refractivity contribution in [3.05, 3.63) is 140 Å². The summed E-state index contributed by atoms with van der Waals surface area (Å²) in [5, 5.41) is 7.93. The Balaban J connectivity index is 1.29. The molecule has 1 aliphatic rings. The molecule has 194 valence electrons. The summed E-state index contributed by atoms with van der Waals surface area (Å²) >= 11 is 1.89. The van der Waals surface area contributed by atoms with Gasteiger partial charge < -0.3 is 4.57 Å². The van der Waals surface area contributed by atoms with Crippen molar-refractivity contribution in [1.29, 1.82) is 0 Å². The lowest BCUT2D eigenvalue weighted by Gasteiger charge is -2.13. The minimum atomic E-state index is 1.19. The quantitative estimate of drug-likeness (QED) is 0.202. The molecule has 2 heterocycles. The third kappa shape index (κ3) is 2.87. The molecular weight excluding hydrogens is 527 g/mol. The molecule has 0 N–H and O–H groups in total. The van der Waals surface area contributed by atoms with E-state index in [1.54, 1.807) is 0 Å². The lowest BCUT2D eigenvalue weighted by molar-refractivity contribution is 1.19. The van der Waals surface area contributed by atoms with E-state index in [9.17, 15) is 0 Å². The minimum absolute atomic E-state index is 1.19. The Morgan fingerprint density at radius 3 is 2.00 bits per heavy atom. The summed E-state index contributed by atoms with van der Waals surface area (Å²) in [7, 11) is 0. The van der Waals surface area contributed by atoms with E-state index in [-0.39, 0.29) is 0 Å². The number of aromatic nitrogens is 1. The maximum atomic E-state index is 2.49. The molecule has 2 aromatic heterocycles. The Morgan fingerprint density at radius 1 is 0.429 bits per heavy atom. The highest BCUT2D eigenvalue weighted by Crippen LogP contribution is 2.51. The van der Waals surface area contributed by atoms with Crippen LogP contribution in [0.15, 0.2) is 140 Å². The van der Waals surface area contributed by atoms with E-state index in [0.717, 1.165) is 0 Å². The first-order valence-corrected chi connectivity index (χ1v) is 15.3. The van der Waals surface area contributed by atoms with Crippen LogP contribution in [0.5, 0.6) is 0 Å². The number of para-hydroxylation sites is 1. The summed E-state index contributed by atoms with van der Waals surface area (Å²) in [5.41, 5.74) is 11.6. The molecule has 0 radical (unpaired) electrons. The molecular formula is C40H23NS. The predicted octanol–water partition coefficient (Wildman–Crippen LogP) is 11.6. The van der Waals surface area contributed by atoms with Crippen LogP contribution in [0.2, 0.25) is 0 Å². The lowest BCUT2D eigenvalue weighted by atomic mass is 9.99. The zero-order valence-corrected chi connectivity index (χ0v) is 23.5. The molecule has 9 aromatic rings. The second-order valence-corrected chi connectivity index (χ2v) is 12.3. The van der Waals surface area contributed by atoms with Gasteiger partial charge in [-0.1, -0.05) is 109 Å². The number of fused-ring (bicyclic) bond motifs is 10. The van der Waals surface area contributed by atoms with Gasteiger partial charge >= 0.3 is 0 Å². The topological polar surface area (TPSA) is 4.93 Å². The molecule has 0 fully saturated rings. The first kappa shape index (κ1) is 22.5. The largest absolute Gasteiger partial charge is 0.309 e. The summed E-state index contributed by atoms with van der Waals surface area (Å²) in [6.45, 7) is 0. The van der Waals surface area contributed by atoms with Crippen LogP contribution >= 0.6 is 11.3 Å². The van der Waals surface area contributed by atoms with Crippen LogP contribution in [-0.2, 0) is 0 Å². The van der Waals surface area contributed by atoms with Crippen molar-refractivity contribution in [2.24, 2.45) is 0 Å². The molecule has 1 aliphatic carbocycles. The van der Waals surface area contributed by atoms with Crippen molar-refractivity contribution < 1.29 is 0 Å². The summed E-state index contributed by atoms with van der Waals surface area (Å²) in [5.74, 6) is 0. The van der Waals surface area contributed by atoms with Crippen LogP contribution in [0.25, 0.3) is 91.8 Å². The van der Waals surface area contributed by atoms with E-state index in [2.05, 4.69) is 144 Å². The second-order valence-electron chi connectivity index (χ2n) is 11.3. The van der Waals surface area contributed by atoms with E-state index >= 15 is 0 Å². The van der Waals surface area contributed by atoms with Crippen LogP contribution in [-0.4, -0.2) is 4.57 Å². The number of hydrogen-bond donors (Lipinski definition) is 0. The average Bonchev–Trinajstić information content (AvgIpc) is 3.71. The third-order valence-electron chi connectivity index (χ3n) is 9.12. The van der Waals surface area contributed by atoms with Gasteiger partial charge in [0.05, 0.1) is 11.0 Å². The molecule has 0 atom stereocenters. The minimum Gasteiger partial charge on any atom is -0.309 e. The van der Waals surface area contributed by atoms with Crippen molar-refractivity contribution in [1.82, 2.24) is 4.57 Å². The number of hydrogen-bond acceptors (Lipinski definition) is 1. The van der Waals surface area contributed by atoms with Gasteiger partial charge in [0.2, 0.25) is 0 Å².